The van der Waals surface area contributed by atoms with Gasteiger partial charge in [0.25, 0.3) is 0 Å². The number of aromatic nitrogens is 2. The molecule has 1 aliphatic heterocycles. The van der Waals surface area contributed by atoms with Crippen molar-refractivity contribution in [1.82, 2.24) is 9.97 Å². The minimum atomic E-state index is -4.50. The third-order valence-electron chi connectivity index (χ3n) is 4.56. The Labute approximate surface area is 175 Å². The standard InChI is InChI=1S/C18H17Cl2F3N4O2/c1-29-15-8-12(7-14(20)26-15)25-17(28)10-2-4-27(5-3-10)16-13(19)6-11(9-24-16)18(21,22)23/h6-10H,2-5H2,1H3,(H,25,26,28). The second-order valence-corrected chi connectivity index (χ2v) is 7.29. The Morgan fingerprint density at radius 2 is 1.93 bits per heavy atom. The molecule has 3 rings (SSSR count). The Hall–Kier alpha value is -2.26. The molecule has 11 heteroatoms. The molecule has 1 amide bonds. The number of carbonyl (C=O) groups excluding carboxylic acids is 1. The zero-order chi connectivity index (χ0) is 21.2. The average molecular weight is 449 g/mol. The van der Waals surface area contributed by atoms with Crippen LogP contribution >= 0.6 is 23.2 Å². The molecule has 0 saturated carbocycles. The molecule has 2 aromatic rings. The number of hydrogen-bond donors (Lipinski definition) is 1. The molecule has 2 aromatic heterocycles. The fourth-order valence-electron chi connectivity index (χ4n) is 3.07. The van der Waals surface area contributed by atoms with Crippen molar-refractivity contribution in [3.63, 3.8) is 0 Å². The molecule has 0 atom stereocenters. The molecule has 0 aliphatic carbocycles. The molecular weight excluding hydrogens is 432 g/mol. The van der Waals surface area contributed by atoms with E-state index < -0.39 is 11.7 Å². The highest BCUT2D eigenvalue weighted by atomic mass is 35.5. The summed E-state index contributed by atoms with van der Waals surface area (Å²) in [5, 5.41) is 2.91. The van der Waals surface area contributed by atoms with Crippen LogP contribution in [0.4, 0.5) is 24.7 Å². The largest absolute Gasteiger partial charge is 0.481 e. The van der Waals surface area contributed by atoms with Gasteiger partial charge in [0.1, 0.15) is 11.0 Å². The molecule has 0 spiro atoms. The van der Waals surface area contributed by atoms with Crippen LogP contribution < -0.4 is 15.0 Å². The molecule has 156 valence electrons. The summed E-state index contributed by atoms with van der Waals surface area (Å²) in [7, 11) is 1.44. The summed E-state index contributed by atoms with van der Waals surface area (Å²) in [5.74, 6) is 0.118. The van der Waals surface area contributed by atoms with E-state index in [-0.39, 0.29) is 33.7 Å². The van der Waals surface area contributed by atoms with Gasteiger partial charge in [0.05, 0.1) is 17.7 Å². The quantitative estimate of drug-likeness (QED) is 0.688. The van der Waals surface area contributed by atoms with Gasteiger partial charge in [0, 0.05) is 37.0 Å². The first kappa shape index (κ1) is 21.4. The van der Waals surface area contributed by atoms with Gasteiger partial charge in [-0.05, 0) is 25.0 Å². The van der Waals surface area contributed by atoms with E-state index in [0.29, 0.717) is 31.6 Å². The van der Waals surface area contributed by atoms with Crippen molar-refractivity contribution in [2.75, 3.05) is 30.4 Å². The molecule has 1 fully saturated rings. The minimum Gasteiger partial charge on any atom is -0.481 e. The number of nitrogens with zero attached hydrogens (tertiary/aromatic N) is 3. The van der Waals surface area contributed by atoms with Crippen LogP contribution in [0.5, 0.6) is 5.88 Å². The fourth-order valence-corrected chi connectivity index (χ4v) is 3.55. The van der Waals surface area contributed by atoms with Crippen LogP contribution in [0.15, 0.2) is 24.4 Å². The van der Waals surface area contributed by atoms with Gasteiger partial charge in [-0.15, -0.1) is 0 Å². The highest BCUT2D eigenvalue weighted by molar-refractivity contribution is 6.33. The molecule has 6 nitrogen and oxygen atoms in total. The smallest absolute Gasteiger partial charge is 0.417 e. The van der Waals surface area contributed by atoms with E-state index >= 15 is 0 Å². The molecule has 1 aliphatic rings. The second kappa shape index (κ2) is 8.62. The van der Waals surface area contributed by atoms with Crippen LogP contribution in [0.2, 0.25) is 10.2 Å². The number of halogens is 5. The Morgan fingerprint density at radius 1 is 1.24 bits per heavy atom. The van der Waals surface area contributed by atoms with E-state index in [4.69, 9.17) is 27.9 Å². The zero-order valence-corrected chi connectivity index (χ0v) is 16.8. The summed E-state index contributed by atoms with van der Waals surface area (Å²) in [4.78, 5) is 22.1. The summed E-state index contributed by atoms with van der Waals surface area (Å²) in [6, 6.07) is 3.94. The van der Waals surface area contributed by atoms with Crippen LogP contribution in [0, 0.1) is 5.92 Å². The van der Waals surface area contributed by atoms with Crippen molar-refractivity contribution in [2.45, 2.75) is 19.0 Å². The van der Waals surface area contributed by atoms with Gasteiger partial charge >= 0.3 is 6.18 Å². The van der Waals surface area contributed by atoms with Gasteiger partial charge in [0.15, 0.2) is 0 Å². The number of piperidine rings is 1. The van der Waals surface area contributed by atoms with E-state index in [1.807, 2.05) is 0 Å². The van der Waals surface area contributed by atoms with E-state index in [1.165, 1.54) is 13.2 Å². The maximum atomic E-state index is 12.8. The second-order valence-electron chi connectivity index (χ2n) is 6.50. The Bertz CT molecular complexity index is 903. The lowest BCUT2D eigenvalue weighted by atomic mass is 9.95. The first-order chi connectivity index (χ1) is 13.7. The summed E-state index contributed by atoms with van der Waals surface area (Å²) in [5.41, 5.74) is -0.423. The van der Waals surface area contributed by atoms with Crippen molar-refractivity contribution in [3.8, 4) is 5.88 Å². The number of methoxy groups -OCH3 is 1. The molecule has 1 N–H and O–H groups in total. The van der Waals surface area contributed by atoms with Crippen molar-refractivity contribution in [2.24, 2.45) is 5.92 Å². The Balaban J connectivity index is 1.62. The van der Waals surface area contributed by atoms with Crippen LogP contribution in [0.25, 0.3) is 0 Å². The van der Waals surface area contributed by atoms with Gasteiger partial charge in [0.2, 0.25) is 11.8 Å². The number of ether oxygens (including phenoxy) is 1. The van der Waals surface area contributed by atoms with E-state index in [9.17, 15) is 18.0 Å². The predicted molar refractivity (Wildman–Crippen MR) is 104 cm³/mol. The summed E-state index contributed by atoms with van der Waals surface area (Å²) in [6.07, 6.45) is -2.74. The molecule has 3 heterocycles. The number of alkyl halides is 3. The van der Waals surface area contributed by atoms with E-state index in [2.05, 4.69) is 15.3 Å². The molecule has 29 heavy (non-hydrogen) atoms. The van der Waals surface area contributed by atoms with Crippen molar-refractivity contribution in [1.29, 1.82) is 0 Å². The SMILES string of the molecule is COc1cc(NC(=O)C2CCN(c3ncc(C(F)(F)F)cc3Cl)CC2)cc(Cl)n1. The first-order valence-corrected chi connectivity index (χ1v) is 9.43. The summed E-state index contributed by atoms with van der Waals surface area (Å²) >= 11 is 11.9. The van der Waals surface area contributed by atoms with Crippen LogP contribution in [0.3, 0.4) is 0 Å². The maximum Gasteiger partial charge on any atom is 0.417 e. The monoisotopic (exact) mass is 448 g/mol. The number of rotatable bonds is 4. The predicted octanol–water partition coefficient (Wildman–Crippen LogP) is 4.67. The van der Waals surface area contributed by atoms with Crippen molar-refractivity contribution < 1.29 is 22.7 Å². The van der Waals surface area contributed by atoms with Gasteiger partial charge in [-0.3, -0.25) is 4.79 Å². The van der Waals surface area contributed by atoms with Gasteiger partial charge in [-0.2, -0.15) is 13.2 Å². The average Bonchev–Trinajstić information content (AvgIpc) is 2.66. The van der Waals surface area contributed by atoms with Crippen LogP contribution in [-0.2, 0) is 11.0 Å². The lowest BCUT2D eigenvalue weighted by molar-refractivity contribution is -0.137. The molecule has 0 radical (unpaired) electrons. The maximum absolute atomic E-state index is 12.8. The number of anilines is 2. The van der Waals surface area contributed by atoms with E-state index in [1.54, 1.807) is 11.0 Å². The van der Waals surface area contributed by atoms with Crippen LogP contribution in [0.1, 0.15) is 18.4 Å². The number of amides is 1. The Kier molecular flexibility index (Phi) is 6.38. The van der Waals surface area contributed by atoms with Crippen molar-refractivity contribution in [3.05, 3.63) is 40.1 Å². The number of hydrogen-bond acceptors (Lipinski definition) is 5. The lowest BCUT2D eigenvalue weighted by Gasteiger charge is -2.32. The highest BCUT2D eigenvalue weighted by Gasteiger charge is 2.33. The molecular formula is C18H17Cl2F3N4O2. The number of carbonyl (C=O) groups is 1. The Morgan fingerprint density at radius 3 is 2.52 bits per heavy atom. The molecule has 0 aromatic carbocycles. The molecule has 0 unspecified atom stereocenters. The van der Waals surface area contributed by atoms with Crippen molar-refractivity contribution >= 4 is 40.6 Å². The third-order valence-corrected chi connectivity index (χ3v) is 5.03. The number of pyridine rings is 2. The molecule has 0 bridgehead atoms. The van der Waals surface area contributed by atoms with Crippen LogP contribution in [-0.4, -0.2) is 36.1 Å². The first-order valence-electron chi connectivity index (χ1n) is 8.67. The normalized spacial score (nSPS) is 15.3. The third kappa shape index (κ3) is 5.22. The minimum absolute atomic E-state index is 0.0683. The zero-order valence-electron chi connectivity index (χ0n) is 15.3. The number of nitrogens with one attached hydrogen (secondary N) is 1. The van der Waals surface area contributed by atoms with E-state index in [0.717, 1.165) is 12.3 Å². The van der Waals surface area contributed by atoms with Gasteiger partial charge < -0.3 is 15.0 Å². The molecule has 1 saturated heterocycles. The summed E-state index contributed by atoms with van der Waals surface area (Å²) in [6.45, 7) is 0.882. The summed E-state index contributed by atoms with van der Waals surface area (Å²) < 4.78 is 43.3. The van der Waals surface area contributed by atoms with Gasteiger partial charge in [-0.1, -0.05) is 23.2 Å². The van der Waals surface area contributed by atoms with Gasteiger partial charge in [-0.25, -0.2) is 9.97 Å². The lowest BCUT2D eigenvalue weighted by Crippen LogP contribution is -2.38. The topological polar surface area (TPSA) is 67.3 Å². The highest BCUT2D eigenvalue weighted by Crippen LogP contribution is 2.34. The fraction of sp³-hybridized carbons (Fsp3) is 0.389.